The first-order valence-corrected chi connectivity index (χ1v) is 45.9. The molecule has 5 amide bonds. The predicted octanol–water partition coefficient (Wildman–Crippen LogP) is -6.77. The van der Waals surface area contributed by atoms with E-state index >= 15 is 0 Å². The van der Waals surface area contributed by atoms with Gasteiger partial charge in [0.25, 0.3) is 5.91 Å². The average Bonchev–Trinajstić information content (AvgIpc) is 0.872. The fourth-order valence-electron chi connectivity index (χ4n) is 6.94. The number of carboxylic acid groups (broad SMARTS) is 3. The van der Waals surface area contributed by atoms with Gasteiger partial charge in [-0.1, -0.05) is 35.8 Å². The van der Waals surface area contributed by atoms with Crippen molar-refractivity contribution in [3.63, 3.8) is 0 Å². The van der Waals surface area contributed by atoms with Gasteiger partial charge >= 0.3 is 83.6 Å². The maximum Gasteiger partial charge on any atom is 1.00 e. The maximum absolute atomic E-state index is 12.8. The number of pyridine rings is 2. The first-order valence-electron chi connectivity index (χ1n) is 32.9. The Morgan fingerprint density at radius 1 is 0.500 bits per heavy atom. The minimum atomic E-state index is -5.94. The number of ether oxygens (including phenoxy) is 2. The number of benzene rings is 2. The van der Waals surface area contributed by atoms with Gasteiger partial charge in [0, 0.05) is 90.2 Å². The standard InChI is InChI=1S/C22H21N3O5S.C16H12N2O3.C8H10F3NO4S.C6H11NO3S.C6H10O4S.C6H10O3S.C4H6O4S.C2H2F3NO.CH4O.IO4.Na.H2O/c1-15(26)13-31(30,14-16(2)27)25-22(29)20-9-19(11-23-12-20)8-7-18-5-4-6-21(10-18)24-17(3)28;1-11(19)18-15-4-2-3-12(8-15)5-6-13-7-14(16(20)21)10-17-9-13;1-5(13)3-17(16,4-6(2)14)12-7(15)8(9,10)11;1-5(8)3-11(7,10)4-6(2)9;1-5(7)3-11(9)4-6(8)10-2;1-5(7)3-10-4-6(8)9-2;5-3(6)1-9-2-4(7)8;3-2(4,5)1(6)7;1-2;2-1(3,4)5;;/h4-6,9-12H,13-14H2,1-3H3,(H,24,28);2-4,7-10H,1H3,(H,18,19)(H,20,21);3-4H2,1-2H3;7H,3-4H2,1-2H3;3-4H2,1-2H3;3-4H2,1-2H3;1-2H2,(H,5,6)(H,7,8);(H2,6,7);2H,1H3;;;1H2/q;;;;;;;;;-1;+1;. The van der Waals surface area contributed by atoms with Crippen LogP contribution in [0, 0.1) is 28.5 Å². The Hall–Kier alpha value is -9.91. The number of nitrogens with two attached hydrogens (primary N) is 1. The summed E-state index contributed by atoms with van der Waals surface area (Å²) in [6, 6.07) is 16.9. The van der Waals surface area contributed by atoms with Crippen molar-refractivity contribution in [3.05, 3.63) is 119 Å². The van der Waals surface area contributed by atoms with Crippen molar-refractivity contribution in [3.8, 4) is 23.7 Å². The van der Waals surface area contributed by atoms with E-state index in [1.807, 2.05) is 0 Å². The molecule has 55 heteroatoms. The van der Waals surface area contributed by atoms with Crippen LogP contribution in [0.3, 0.4) is 0 Å². The number of halogens is 7. The number of anilines is 2. The molecule has 0 aliphatic heterocycles. The van der Waals surface area contributed by atoms with E-state index in [0.717, 1.165) is 32.7 Å². The Morgan fingerprint density at radius 3 is 1.12 bits per heavy atom. The largest absolute Gasteiger partial charge is 1.00 e. The third kappa shape index (κ3) is 83.6. The van der Waals surface area contributed by atoms with E-state index in [4.69, 9.17) is 43.7 Å². The molecule has 11 N–H and O–H groups in total. The van der Waals surface area contributed by atoms with Crippen molar-refractivity contribution in [1.82, 2.24) is 9.97 Å². The number of alkyl halides is 6. The second-order valence-corrected chi connectivity index (χ2v) is 35.7. The summed E-state index contributed by atoms with van der Waals surface area (Å²) in [5, 5.41) is 37.2. The van der Waals surface area contributed by atoms with Crippen LogP contribution in [0.15, 0.2) is 94.2 Å². The number of aliphatic carboxylic acids is 2. The van der Waals surface area contributed by atoms with Crippen molar-refractivity contribution in [2.45, 2.75) is 81.6 Å². The second kappa shape index (κ2) is 69.2. The zero-order chi connectivity index (χ0) is 97.9. The van der Waals surface area contributed by atoms with E-state index in [9.17, 15) is 125 Å². The molecule has 0 spiro atoms. The van der Waals surface area contributed by atoms with Gasteiger partial charge in [0.05, 0.1) is 118 Å². The normalized spacial score (nSPS) is 10.3. The fraction of sp³-hybridized carbons (Fsp3) is 0.380. The third-order valence-electron chi connectivity index (χ3n) is 10.7. The van der Waals surface area contributed by atoms with Gasteiger partial charge in [-0.2, -0.15) is 35.1 Å². The summed E-state index contributed by atoms with van der Waals surface area (Å²) in [4.78, 5) is 199. The summed E-state index contributed by atoms with van der Waals surface area (Å²) in [5.74, 6) is -4.54. The number of ketones is 8. The number of rotatable bonds is 28. The summed E-state index contributed by atoms with van der Waals surface area (Å²) in [6.45, 7) is 12.6. The number of amides is 5. The van der Waals surface area contributed by atoms with E-state index in [1.165, 1.54) is 118 Å². The van der Waals surface area contributed by atoms with Crippen molar-refractivity contribution < 1.29 is 228 Å². The molecule has 2 heterocycles. The predicted molar refractivity (Wildman–Crippen MR) is 430 cm³/mol. The zero-order valence-corrected chi connectivity index (χ0v) is 78.3. The summed E-state index contributed by atoms with van der Waals surface area (Å²) in [6.07, 6.45) is -4.67. The van der Waals surface area contributed by atoms with Crippen molar-refractivity contribution in [2.75, 3.05) is 101 Å². The number of esters is 2. The minimum absolute atomic E-state index is 0. The number of nitrogens with one attached hydrogen (secondary N) is 3. The number of nitrogens with zero attached hydrogens (tertiary/aromatic N) is 4. The molecule has 2 aromatic heterocycles. The van der Waals surface area contributed by atoms with E-state index in [-0.39, 0.29) is 127 Å². The number of carboxylic acids is 3. The average molecular weight is 2040 g/mol. The van der Waals surface area contributed by atoms with Gasteiger partial charge in [-0.3, -0.25) is 114 Å². The van der Waals surface area contributed by atoms with E-state index in [1.54, 1.807) is 48.5 Å². The first-order chi connectivity index (χ1) is 56.7. The van der Waals surface area contributed by atoms with Crippen LogP contribution in [-0.2, 0) is 126 Å². The van der Waals surface area contributed by atoms with Crippen molar-refractivity contribution >= 4 is 181 Å². The van der Waals surface area contributed by atoms with Gasteiger partial charge in [0.1, 0.15) is 72.1 Å². The molecule has 1 unspecified atom stereocenters. The third-order valence-corrected chi connectivity index (χ3v) is 20.1. The molecule has 41 nitrogen and oxygen atoms in total. The van der Waals surface area contributed by atoms with E-state index in [0.29, 0.717) is 39.4 Å². The molecule has 2 aromatic carbocycles. The second-order valence-electron chi connectivity index (χ2n) is 23.3. The van der Waals surface area contributed by atoms with Gasteiger partial charge in [-0.15, -0.1) is 23.5 Å². The Morgan fingerprint density at radius 2 is 0.825 bits per heavy atom. The van der Waals surface area contributed by atoms with E-state index in [2.05, 4.69) is 68.2 Å². The Kier molecular flexibility index (Phi) is 72.3. The monoisotopic (exact) mass is 2040 g/mol. The fourth-order valence-corrected chi connectivity index (χ4v) is 14.2. The van der Waals surface area contributed by atoms with Crippen molar-refractivity contribution in [2.24, 2.45) is 14.5 Å². The number of carbonyl (C=O) groups is 18. The smallest absolute Gasteiger partial charge is 0.481 e. The molecule has 0 saturated carbocycles. The summed E-state index contributed by atoms with van der Waals surface area (Å²) >= 11 is -3.80. The zero-order valence-electron chi connectivity index (χ0n) is 69.2. The number of hydrogen-bond acceptors (Lipinski definition) is 34. The van der Waals surface area contributed by atoms with Gasteiger partial charge in [-0.25, -0.2) is 17.4 Å². The number of aliphatic hydroxyl groups excluding tert-OH is 1. The van der Waals surface area contributed by atoms with Gasteiger partial charge in [-0.05, 0) is 104 Å². The maximum atomic E-state index is 12.8. The number of aromatic nitrogens is 2. The van der Waals surface area contributed by atoms with Crippen LogP contribution in [0.5, 0.6) is 0 Å². The molecule has 0 aliphatic rings. The van der Waals surface area contributed by atoms with Crippen LogP contribution >= 0.6 is 23.5 Å². The first kappa shape index (κ1) is 132. The molecule has 0 aliphatic carbocycles. The number of aromatic carboxylic acids is 1. The Balaban J connectivity index is -0.000000217. The molecule has 4 aromatic rings. The molecule has 1 atom stereocenters. The number of hydrogen-bond donors (Lipinski definition) is 8. The van der Waals surface area contributed by atoms with Gasteiger partial charge in [0.2, 0.25) is 11.8 Å². The van der Waals surface area contributed by atoms with Crippen LogP contribution < -0.4 is 79.8 Å². The molecule has 4 rings (SSSR count). The molecular formula is C71H88F6IN8NaO33S6. The minimum Gasteiger partial charge on any atom is -0.481 e. The van der Waals surface area contributed by atoms with Crippen LogP contribution in [0.1, 0.15) is 112 Å². The number of carbonyl (C=O) groups excluding carboxylic acids is 15. The van der Waals surface area contributed by atoms with Crippen LogP contribution in [0.2, 0.25) is 0 Å². The molecule has 696 valence electrons. The molecule has 0 fully saturated rings. The molecule has 0 saturated heterocycles. The number of methoxy groups -OCH3 is 2. The van der Waals surface area contributed by atoms with Crippen molar-refractivity contribution in [1.29, 1.82) is 4.78 Å². The quantitative estimate of drug-likeness (QED) is 0.00861. The molecule has 0 bridgehead atoms. The van der Waals surface area contributed by atoms with Gasteiger partial charge in [0.15, 0.2) is 0 Å². The topological polar surface area (TPSA) is 723 Å². The number of aliphatic hydroxyl groups is 1. The van der Waals surface area contributed by atoms with Crippen LogP contribution in [0.25, 0.3) is 0 Å². The number of primary amides is 1. The number of thioether (sulfide) groups is 2. The molecule has 0 radical (unpaired) electrons. The van der Waals surface area contributed by atoms with Crippen LogP contribution in [0.4, 0.5) is 37.7 Å². The molecule has 126 heavy (non-hydrogen) atoms. The molecular weight excluding hydrogens is 1950 g/mol. The number of Topliss-reactive ketones (excluding diaryl/α,β-unsaturated/α-hetero) is 8. The Labute approximate surface area is 757 Å². The Bertz CT molecular complexity index is 4890. The van der Waals surface area contributed by atoms with Gasteiger partial charge < -0.3 is 51.7 Å². The summed E-state index contributed by atoms with van der Waals surface area (Å²) in [5.41, 5.74) is 7.47. The van der Waals surface area contributed by atoms with E-state index < -0.39 is 160 Å². The van der Waals surface area contributed by atoms with Crippen LogP contribution in [-0.4, -0.2) is 261 Å². The summed E-state index contributed by atoms with van der Waals surface area (Å²) < 4.78 is 171. The summed E-state index contributed by atoms with van der Waals surface area (Å²) in [7, 11) is -7.99. The SMILES string of the molecule is CC(=O)CS(=N)(=O)CC(C)=O.CC(=O)CS(=O)(CC(C)=O)=NC(=O)C(F)(F)F.CC(=O)CS(=O)(CC(C)=O)=NC(=O)c1cncc(C#Cc2cccc(NC(C)=O)c2)c1.CC(=O)Nc1cccc(C#Cc2cncc(C(=O)O)c2)c1.CO.COC(=O)CS(=O)CC(C)=O.COC(=O)CSCC(C)=O.NC(=O)C(F)(F)F.O.O=C(O)CSCC(=O)O.[Na+].[O-][I+3]([O-])([O-])[O-].